The van der Waals surface area contributed by atoms with Gasteiger partial charge in [-0.15, -0.1) is 28.3 Å². The largest absolute Gasteiger partial charge is 0.253 e. The summed E-state index contributed by atoms with van der Waals surface area (Å²) in [6.45, 7) is 3.89. The Morgan fingerprint density at radius 3 is 2.59 bits per heavy atom. The van der Waals surface area contributed by atoms with Crippen LogP contribution in [0, 0.1) is 0 Å². The first kappa shape index (κ1) is 13.9. The Morgan fingerprint density at radius 2 is 1.94 bits per heavy atom. The third-order valence-corrected chi connectivity index (χ3v) is 2.70. The van der Waals surface area contributed by atoms with Crippen LogP contribution in [-0.4, -0.2) is 10.7 Å². The molecule has 90 valence electrons. The van der Waals surface area contributed by atoms with E-state index in [0.717, 1.165) is 22.1 Å². The number of thiazole rings is 1. The van der Waals surface area contributed by atoms with Crippen molar-refractivity contribution in [1.29, 1.82) is 0 Å². The Hall–Kier alpha value is -1.20. The van der Waals surface area contributed by atoms with Crippen LogP contribution in [0.1, 0.15) is 13.8 Å². The van der Waals surface area contributed by atoms with Gasteiger partial charge in [-0.05, 0) is 13.8 Å². The van der Waals surface area contributed by atoms with Crippen molar-refractivity contribution in [2.24, 2.45) is 5.10 Å². The average Bonchev–Trinajstić information content (AvgIpc) is 2.76. The minimum atomic E-state index is 0. The number of benzene rings is 1. The fourth-order valence-electron chi connectivity index (χ4n) is 1.23. The van der Waals surface area contributed by atoms with E-state index in [4.69, 9.17) is 0 Å². The highest BCUT2D eigenvalue weighted by molar-refractivity contribution is 8.93. The Morgan fingerprint density at radius 1 is 1.24 bits per heavy atom. The van der Waals surface area contributed by atoms with E-state index in [1.54, 1.807) is 11.3 Å². The van der Waals surface area contributed by atoms with Gasteiger partial charge in [0, 0.05) is 16.7 Å². The quantitative estimate of drug-likeness (QED) is 0.681. The molecule has 0 radical (unpaired) electrons. The molecule has 0 bridgehead atoms. The smallest absolute Gasteiger partial charge is 0.203 e. The van der Waals surface area contributed by atoms with E-state index in [0.29, 0.717) is 0 Å². The monoisotopic (exact) mass is 311 g/mol. The first-order chi connectivity index (χ1) is 7.75. The fraction of sp³-hybridized carbons (Fsp3) is 0.167. The molecule has 1 heterocycles. The summed E-state index contributed by atoms with van der Waals surface area (Å²) >= 11 is 1.56. The molecule has 0 aliphatic rings. The fourth-order valence-corrected chi connectivity index (χ4v) is 1.89. The zero-order valence-corrected chi connectivity index (χ0v) is 12.2. The van der Waals surface area contributed by atoms with Crippen molar-refractivity contribution >= 4 is 39.2 Å². The third kappa shape index (κ3) is 3.94. The van der Waals surface area contributed by atoms with Crippen LogP contribution in [0.15, 0.2) is 40.8 Å². The molecule has 1 N–H and O–H groups in total. The van der Waals surface area contributed by atoms with Gasteiger partial charge >= 0.3 is 0 Å². The maximum atomic E-state index is 4.45. The van der Waals surface area contributed by atoms with E-state index in [9.17, 15) is 0 Å². The lowest BCUT2D eigenvalue weighted by molar-refractivity contribution is 1.27. The van der Waals surface area contributed by atoms with E-state index in [-0.39, 0.29) is 17.0 Å². The first-order valence-corrected chi connectivity index (χ1v) is 5.91. The average molecular weight is 312 g/mol. The molecule has 1 aromatic carbocycles. The Balaban J connectivity index is 0.00000144. The van der Waals surface area contributed by atoms with Crippen LogP contribution >= 0.6 is 28.3 Å². The van der Waals surface area contributed by atoms with Crippen molar-refractivity contribution in [2.45, 2.75) is 13.8 Å². The van der Waals surface area contributed by atoms with Gasteiger partial charge in [-0.2, -0.15) is 5.10 Å². The maximum absolute atomic E-state index is 4.45. The van der Waals surface area contributed by atoms with Gasteiger partial charge in [-0.1, -0.05) is 30.3 Å². The van der Waals surface area contributed by atoms with Crippen molar-refractivity contribution in [1.82, 2.24) is 4.98 Å². The van der Waals surface area contributed by atoms with Crippen LogP contribution in [0.5, 0.6) is 0 Å². The normalized spacial score (nSPS) is 9.29. The van der Waals surface area contributed by atoms with Gasteiger partial charge in [0.15, 0.2) is 0 Å². The summed E-state index contributed by atoms with van der Waals surface area (Å²) in [7, 11) is 0. The van der Waals surface area contributed by atoms with Gasteiger partial charge in [0.2, 0.25) is 5.13 Å². The Bertz CT molecular complexity index is 489. The van der Waals surface area contributed by atoms with E-state index >= 15 is 0 Å². The molecule has 2 rings (SSSR count). The molecule has 0 spiro atoms. The predicted octanol–water partition coefficient (Wildman–Crippen LogP) is 4.20. The Kier molecular flexibility index (Phi) is 5.31. The highest BCUT2D eigenvalue weighted by Crippen LogP contribution is 2.24. The van der Waals surface area contributed by atoms with Crippen LogP contribution in [0.3, 0.4) is 0 Å². The molecule has 3 nitrogen and oxygen atoms in total. The summed E-state index contributed by atoms with van der Waals surface area (Å²) in [6.07, 6.45) is 0. The molecule has 1 aromatic heterocycles. The molecule has 0 saturated carbocycles. The molecule has 0 amide bonds. The molecule has 0 aliphatic heterocycles. The summed E-state index contributed by atoms with van der Waals surface area (Å²) in [6, 6.07) is 10.1. The second-order valence-corrected chi connectivity index (χ2v) is 4.43. The van der Waals surface area contributed by atoms with E-state index < -0.39 is 0 Å². The number of nitrogens with one attached hydrogen (secondary N) is 1. The molecule has 0 fully saturated rings. The van der Waals surface area contributed by atoms with Crippen molar-refractivity contribution in [3.05, 3.63) is 35.7 Å². The molecule has 2 aromatic rings. The van der Waals surface area contributed by atoms with Gasteiger partial charge in [-0.3, -0.25) is 5.43 Å². The molecule has 17 heavy (non-hydrogen) atoms. The third-order valence-electron chi connectivity index (χ3n) is 1.95. The lowest BCUT2D eigenvalue weighted by atomic mass is 10.2. The topological polar surface area (TPSA) is 37.3 Å². The maximum Gasteiger partial charge on any atom is 0.203 e. The van der Waals surface area contributed by atoms with Gasteiger partial charge in [0.05, 0.1) is 5.69 Å². The lowest BCUT2D eigenvalue weighted by Gasteiger charge is -1.95. The minimum Gasteiger partial charge on any atom is -0.253 e. The second-order valence-electron chi connectivity index (χ2n) is 3.57. The lowest BCUT2D eigenvalue weighted by Crippen LogP contribution is -1.92. The zero-order chi connectivity index (χ0) is 11.4. The molecular weight excluding hydrogens is 298 g/mol. The summed E-state index contributed by atoms with van der Waals surface area (Å²) < 4.78 is 0. The van der Waals surface area contributed by atoms with Crippen LogP contribution in [0.2, 0.25) is 0 Å². The minimum absolute atomic E-state index is 0. The van der Waals surface area contributed by atoms with Crippen LogP contribution in [0.25, 0.3) is 11.3 Å². The van der Waals surface area contributed by atoms with E-state index in [2.05, 4.69) is 15.5 Å². The summed E-state index contributed by atoms with van der Waals surface area (Å²) in [5, 5.41) is 6.96. The van der Waals surface area contributed by atoms with Crippen LogP contribution in [0.4, 0.5) is 5.13 Å². The van der Waals surface area contributed by atoms with Crippen molar-refractivity contribution in [3.8, 4) is 11.3 Å². The van der Waals surface area contributed by atoms with Gasteiger partial charge < -0.3 is 0 Å². The molecule has 0 saturated heterocycles. The number of rotatable bonds is 3. The summed E-state index contributed by atoms with van der Waals surface area (Å²) in [5.41, 5.74) is 6.02. The molecular formula is C12H14BrN3S. The molecule has 0 aliphatic carbocycles. The highest BCUT2D eigenvalue weighted by atomic mass is 79.9. The number of halogens is 1. The van der Waals surface area contributed by atoms with Gasteiger partial charge in [0.1, 0.15) is 0 Å². The zero-order valence-electron chi connectivity index (χ0n) is 9.68. The van der Waals surface area contributed by atoms with Crippen molar-refractivity contribution in [2.75, 3.05) is 5.43 Å². The Labute approximate surface area is 115 Å². The van der Waals surface area contributed by atoms with E-state index in [1.807, 2.05) is 49.6 Å². The number of hydrogen-bond donors (Lipinski definition) is 1. The van der Waals surface area contributed by atoms with Crippen molar-refractivity contribution in [3.63, 3.8) is 0 Å². The predicted molar refractivity (Wildman–Crippen MR) is 80.3 cm³/mol. The van der Waals surface area contributed by atoms with Crippen LogP contribution in [-0.2, 0) is 0 Å². The van der Waals surface area contributed by atoms with Gasteiger partial charge in [-0.25, -0.2) is 4.98 Å². The number of hydrazone groups is 1. The first-order valence-electron chi connectivity index (χ1n) is 5.03. The SMILES string of the molecule is Br.CC(C)=NNc1nc(-c2ccccc2)cs1. The number of aromatic nitrogens is 1. The molecule has 5 heteroatoms. The second kappa shape index (κ2) is 6.51. The standard InChI is InChI=1S/C12H13N3S.BrH/c1-9(2)14-15-12-13-11(8-16-12)10-6-4-3-5-7-10;/h3-8H,1-2H3,(H,13,15);1H. The summed E-state index contributed by atoms with van der Waals surface area (Å²) in [4.78, 5) is 4.45. The number of nitrogens with zero attached hydrogens (tertiary/aromatic N) is 2. The van der Waals surface area contributed by atoms with Crippen LogP contribution < -0.4 is 5.43 Å². The van der Waals surface area contributed by atoms with Crippen molar-refractivity contribution < 1.29 is 0 Å². The molecule has 0 unspecified atom stereocenters. The number of anilines is 1. The summed E-state index contributed by atoms with van der Waals surface area (Å²) in [5.74, 6) is 0. The van der Waals surface area contributed by atoms with Gasteiger partial charge in [0.25, 0.3) is 0 Å². The molecule has 0 atom stereocenters. The number of hydrogen-bond acceptors (Lipinski definition) is 4. The van der Waals surface area contributed by atoms with E-state index in [1.165, 1.54) is 0 Å². The highest BCUT2D eigenvalue weighted by Gasteiger charge is 2.02.